The van der Waals surface area contributed by atoms with Gasteiger partial charge in [0.25, 0.3) is 0 Å². The van der Waals surface area contributed by atoms with Crippen LogP contribution in [0.5, 0.6) is 0 Å². The third-order valence-corrected chi connectivity index (χ3v) is 2.42. The van der Waals surface area contributed by atoms with E-state index in [-0.39, 0.29) is 5.82 Å². The van der Waals surface area contributed by atoms with Gasteiger partial charge < -0.3 is 9.47 Å². The van der Waals surface area contributed by atoms with Gasteiger partial charge in [0.05, 0.1) is 12.9 Å². The van der Waals surface area contributed by atoms with Crippen molar-refractivity contribution in [1.82, 2.24) is 0 Å². The molecule has 1 atom stereocenters. The first kappa shape index (κ1) is 10.7. The van der Waals surface area contributed by atoms with E-state index in [0.717, 1.165) is 0 Å². The maximum Gasteiger partial charge on any atom is 0.178 e. The molecule has 0 spiro atoms. The van der Waals surface area contributed by atoms with E-state index in [1.807, 2.05) is 0 Å². The maximum atomic E-state index is 13.7. The molecule has 0 saturated carbocycles. The van der Waals surface area contributed by atoms with Gasteiger partial charge in [0.2, 0.25) is 0 Å². The lowest BCUT2D eigenvalue weighted by Gasteiger charge is -2.24. The molecule has 0 radical (unpaired) electrons. The molecule has 2 rings (SSSR count). The summed E-state index contributed by atoms with van der Waals surface area (Å²) in [6.45, 7) is 0.736. The minimum atomic E-state index is -1.16. The Bertz CT molecular complexity index is 447. The Morgan fingerprint density at radius 1 is 1.31 bits per heavy atom. The number of terminal acetylenes is 1. The lowest BCUT2D eigenvalue weighted by atomic mass is 9.94. The fourth-order valence-corrected chi connectivity index (χ4v) is 1.61. The summed E-state index contributed by atoms with van der Waals surface area (Å²) in [7, 11) is 0. The highest BCUT2D eigenvalue weighted by atomic mass is 19.1. The molecule has 1 aliphatic rings. The monoisotopic (exact) mass is 218 g/mol. The number of halogens is 1. The van der Waals surface area contributed by atoms with Gasteiger partial charge in [-0.3, -0.25) is 0 Å². The Hall–Kier alpha value is -1.79. The predicted molar refractivity (Wildman–Crippen MR) is 58.0 cm³/mol. The highest BCUT2D eigenvalue weighted by molar-refractivity contribution is 5.37. The van der Waals surface area contributed by atoms with Crippen molar-refractivity contribution in [1.29, 1.82) is 0 Å². The Morgan fingerprint density at radius 3 is 2.88 bits per heavy atom. The van der Waals surface area contributed by atoms with Gasteiger partial charge in [-0.05, 0) is 12.1 Å². The van der Waals surface area contributed by atoms with Gasteiger partial charge in [0, 0.05) is 5.56 Å². The van der Waals surface area contributed by atoms with Crippen LogP contribution in [0.3, 0.4) is 0 Å². The molecule has 1 aliphatic heterocycles. The molecule has 0 bridgehead atoms. The molecule has 0 aromatic heterocycles. The molecule has 1 unspecified atom stereocenters. The quantitative estimate of drug-likeness (QED) is 0.673. The van der Waals surface area contributed by atoms with Gasteiger partial charge in [-0.15, -0.1) is 6.42 Å². The minimum Gasteiger partial charge on any atom is -0.499 e. The van der Waals surface area contributed by atoms with Crippen LogP contribution in [0, 0.1) is 18.2 Å². The van der Waals surface area contributed by atoms with E-state index in [1.54, 1.807) is 24.3 Å². The Labute approximate surface area is 93.7 Å². The molecule has 0 aliphatic carbocycles. The van der Waals surface area contributed by atoms with Crippen LogP contribution in [-0.2, 0) is 15.1 Å². The summed E-state index contributed by atoms with van der Waals surface area (Å²) in [5, 5.41) is 0. The summed E-state index contributed by atoms with van der Waals surface area (Å²) in [6.07, 6.45) is 8.47. The third-order valence-electron chi connectivity index (χ3n) is 2.42. The Morgan fingerprint density at radius 2 is 2.12 bits per heavy atom. The Balaban J connectivity index is 2.49. The number of hydrogen-bond donors (Lipinski definition) is 0. The summed E-state index contributed by atoms with van der Waals surface area (Å²) < 4.78 is 24.3. The van der Waals surface area contributed by atoms with Gasteiger partial charge in [-0.25, -0.2) is 4.39 Å². The van der Waals surface area contributed by atoms with Crippen molar-refractivity contribution in [2.45, 2.75) is 5.60 Å². The van der Waals surface area contributed by atoms with Crippen molar-refractivity contribution in [2.75, 3.05) is 13.2 Å². The largest absolute Gasteiger partial charge is 0.499 e. The van der Waals surface area contributed by atoms with Gasteiger partial charge in [-0.1, -0.05) is 24.1 Å². The molecular weight excluding hydrogens is 207 g/mol. The first-order valence-electron chi connectivity index (χ1n) is 4.94. The molecule has 3 heteroatoms. The zero-order valence-corrected chi connectivity index (χ0v) is 8.65. The average Bonchev–Trinajstić information content (AvgIpc) is 2.56. The SMILES string of the molecule is C#CC1(c2ccccc2F)C=COCCO1. The van der Waals surface area contributed by atoms with E-state index in [2.05, 4.69) is 5.92 Å². The first-order chi connectivity index (χ1) is 7.78. The summed E-state index contributed by atoms with van der Waals surface area (Å²) in [5.74, 6) is 2.10. The molecule has 1 aromatic carbocycles. The zero-order valence-electron chi connectivity index (χ0n) is 8.65. The summed E-state index contributed by atoms with van der Waals surface area (Å²) in [6, 6.07) is 6.31. The van der Waals surface area contributed by atoms with Crippen molar-refractivity contribution in [3.8, 4) is 12.3 Å². The van der Waals surface area contributed by atoms with Gasteiger partial charge in [-0.2, -0.15) is 0 Å². The highest BCUT2D eigenvalue weighted by Crippen LogP contribution is 2.30. The molecule has 0 N–H and O–H groups in total. The molecular formula is C13H11FO2. The molecule has 16 heavy (non-hydrogen) atoms. The predicted octanol–water partition coefficient (Wildman–Crippen LogP) is 2.21. The van der Waals surface area contributed by atoms with Crippen LogP contribution < -0.4 is 0 Å². The first-order valence-corrected chi connectivity index (χ1v) is 4.94. The zero-order chi connectivity index (χ0) is 11.4. The van der Waals surface area contributed by atoms with E-state index in [4.69, 9.17) is 15.9 Å². The average molecular weight is 218 g/mol. The van der Waals surface area contributed by atoms with Gasteiger partial charge >= 0.3 is 0 Å². The van der Waals surface area contributed by atoms with Crippen LogP contribution in [-0.4, -0.2) is 13.2 Å². The highest BCUT2D eigenvalue weighted by Gasteiger charge is 2.32. The second kappa shape index (κ2) is 4.38. The van der Waals surface area contributed by atoms with Crippen LogP contribution in [0.15, 0.2) is 36.6 Å². The molecule has 0 saturated heterocycles. The maximum absolute atomic E-state index is 13.7. The molecule has 0 amide bonds. The summed E-state index contributed by atoms with van der Waals surface area (Å²) >= 11 is 0. The van der Waals surface area contributed by atoms with Crippen molar-refractivity contribution >= 4 is 0 Å². The van der Waals surface area contributed by atoms with Crippen molar-refractivity contribution < 1.29 is 13.9 Å². The summed E-state index contributed by atoms with van der Waals surface area (Å²) in [4.78, 5) is 0. The third kappa shape index (κ3) is 1.80. The van der Waals surface area contributed by atoms with E-state index in [0.29, 0.717) is 18.8 Å². The lowest BCUT2D eigenvalue weighted by molar-refractivity contribution is 0.0195. The van der Waals surface area contributed by atoms with Crippen molar-refractivity contribution in [2.24, 2.45) is 0 Å². The van der Waals surface area contributed by atoms with Gasteiger partial charge in [0.1, 0.15) is 12.4 Å². The van der Waals surface area contributed by atoms with E-state index >= 15 is 0 Å². The number of ether oxygens (including phenoxy) is 2. The fraction of sp³-hybridized carbons (Fsp3) is 0.231. The van der Waals surface area contributed by atoms with Crippen LogP contribution in [0.4, 0.5) is 4.39 Å². The molecule has 1 heterocycles. The van der Waals surface area contributed by atoms with Crippen LogP contribution in [0.2, 0.25) is 0 Å². The fourth-order valence-electron chi connectivity index (χ4n) is 1.61. The van der Waals surface area contributed by atoms with Gasteiger partial charge in [0.15, 0.2) is 5.60 Å². The number of rotatable bonds is 1. The van der Waals surface area contributed by atoms with E-state index in [1.165, 1.54) is 12.3 Å². The Kier molecular flexibility index (Phi) is 2.93. The number of benzene rings is 1. The lowest BCUT2D eigenvalue weighted by Crippen LogP contribution is -2.27. The van der Waals surface area contributed by atoms with Crippen LogP contribution in [0.25, 0.3) is 0 Å². The second-order valence-corrected chi connectivity index (χ2v) is 3.38. The van der Waals surface area contributed by atoms with Crippen LogP contribution >= 0.6 is 0 Å². The minimum absolute atomic E-state index is 0.325. The molecule has 0 fully saturated rings. The summed E-state index contributed by atoms with van der Waals surface area (Å²) in [5.41, 5.74) is -0.832. The standard InChI is InChI=1S/C13H11FO2/c1-2-13(7-8-15-9-10-16-13)11-5-3-4-6-12(11)14/h1,3-8H,9-10H2. The van der Waals surface area contributed by atoms with Crippen LogP contribution in [0.1, 0.15) is 5.56 Å². The smallest absolute Gasteiger partial charge is 0.178 e. The van der Waals surface area contributed by atoms with E-state index in [9.17, 15) is 4.39 Å². The second-order valence-electron chi connectivity index (χ2n) is 3.38. The molecule has 82 valence electrons. The molecule has 2 nitrogen and oxygen atoms in total. The normalized spacial score (nSPS) is 24.2. The molecule has 1 aromatic rings. The number of hydrogen-bond acceptors (Lipinski definition) is 2. The van der Waals surface area contributed by atoms with Crippen molar-refractivity contribution in [3.63, 3.8) is 0 Å². The van der Waals surface area contributed by atoms with Crippen molar-refractivity contribution in [3.05, 3.63) is 48.0 Å². The topological polar surface area (TPSA) is 18.5 Å². The van der Waals surface area contributed by atoms with E-state index < -0.39 is 5.60 Å².